The molecule has 0 atom stereocenters. The lowest BCUT2D eigenvalue weighted by atomic mass is 10.2. The molecule has 3 rings (SSSR count). The Balaban J connectivity index is 1.83. The predicted molar refractivity (Wildman–Crippen MR) is 79.7 cm³/mol. The molecule has 0 aliphatic carbocycles. The molecule has 0 N–H and O–H groups in total. The van der Waals surface area contributed by atoms with E-state index >= 15 is 0 Å². The number of ether oxygens (including phenoxy) is 1. The van der Waals surface area contributed by atoms with E-state index in [-0.39, 0.29) is 0 Å². The summed E-state index contributed by atoms with van der Waals surface area (Å²) in [5, 5.41) is 0.580. The first-order chi connectivity index (χ1) is 9.72. The van der Waals surface area contributed by atoms with E-state index in [1.165, 1.54) is 19.2 Å². The average molecular weight is 290 g/mol. The van der Waals surface area contributed by atoms with Crippen molar-refractivity contribution in [3.8, 4) is 11.6 Å². The van der Waals surface area contributed by atoms with Crippen LogP contribution in [-0.2, 0) is 0 Å². The number of hydrogen-bond acceptors (Lipinski definition) is 4. The topological polar surface area (TPSA) is 38.2 Å². The molecule has 0 spiro atoms. The molecule has 1 saturated heterocycles. The third kappa shape index (κ3) is 2.85. The highest BCUT2D eigenvalue weighted by Gasteiger charge is 2.15. The maximum absolute atomic E-state index is 6.13. The Kier molecular flexibility index (Phi) is 3.74. The largest absolute Gasteiger partial charge is 0.437 e. The van der Waals surface area contributed by atoms with Crippen molar-refractivity contribution < 1.29 is 4.74 Å². The fourth-order valence-electron chi connectivity index (χ4n) is 2.31. The molecule has 1 aromatic carbocycles. The number of hydrogen-bond donors (Lipinski definition) is 0. The molecule has 0 saturated carbocycles. The van der Waals surface area contributed by atoms with Gasteiger partial charge >= 0.3 is 0 Å². The number of nitrogens with zero attached hydrogens (tertiary/aromatic N) is 3. The monoisotopic (exact) mass is 289 g/mol. The summed E-state index contributed by atoms with van der Waals surface area (Å²) in [7, 11) is 0. The average Bonchev–Trinajstić information content (AvgIpc) is 2.97. The zero-order valence-electron chi connectivity index (χ0n) is 11.3. The fraction of sp³-hybridized carbons (Fsp3) is 0.333. The van der Waals surface area contributed by atoms with Crippen LogP contribution in [0.1, 0.15) is 18.4 Å². The van der Waals surface area contributed by atoms with E-state index in [9.17, 15) is 0 Å². The third-order valence-electron chi connectivity index (χ3n) is 3.36. The second-order valence-corrected chi connectivity index (χ2v) is 5.35. The minimum atomic E-state index is 0.523. The SMILES string of the molecule is Cc1ccc(Cl)c(Oc2cc(N3CCCC3)ncn2)c1. The molecule has 2 heterocycles. The molecular formula is C15H16ClN3O. The first-order valence-electron chi connectivity index (χ1n) is 6.73. The molecule has 5 heteroatoms. The van der Waals surface area contributed by atoms with Crippen molar-refractivity contribution in [3.05, 3.63) is 41.2 Å². The van der Waals surface area contributed by atoms with Crippen molar-refractivity contribution in [2.45, 2.75) is 19.8 Å². The highest BCUT2D eigenvalue weighted by Crippen LogP contribution is 2.30. The van der Waals surface area contributed by atoms with E-state index in [2.05, 4.69) is 14.9 Å². The molecular weight excluding hydrogens is 274 g/mol. The molecule has 0 amide bonds. The van der Waals surface area contributed by atoms with Crippen molar-refractivity contribution in [2.24, 2.45) is 0 Å². The van der Waals surface area contributed by atoms with Gasteiger partial charge in [0.15, 0.2) is 0 Å². The van der Waals surface area contributed by atoms with Crippen LogP contribution in [0.5, 0.6) is 11.6 Å². The highest BCUT2D eigenvalue weighted by atomic mass is 35.5. The minimum Gasteiger partial charge on any atom is -0.437 e. The molecule has 4 nitrogen and oxygen atoms in total. The molecule has 20 heavy (non-hydrogen) atoms. The Hall–Kier alpha value is -1.81. The number of rotatable bonds is 3. The van der Waals surface area contributed by atoms with Gasteiger partial charge < -0.3 is 9.64 Å². The van der Waals surface area contributed by atoms with Crippen LogP contribution in [0.3, 0.4) is 0 Å². The van der Waals surface area contributed by atoms with Crippen LogP contribution >= 0.6 is 11.6 Å². The van der Waals surface area contributed by atoms with Crippen molar-refractivity contribution in [1.82, 2.24) is 9.97 Å². The Labute approximate surface area is 123 Å². The third-order valence-corrected chi connectivity index (χ3v) is 3.67. The van der Waals surface area contributed by atoms with Crippen molar-refractivity contribution in [2.75, 3.05) is 18.0 Å². The van der Waals surface area contributed by atoms with Gasteiger partial charge in [-0.25, -0.2) is 9.97 Å². The lowest BCUT2D eigenvalue weighted by Crippen LogP contribution is -2.18. The summed E-state index contributed by atoms with van der Waals surface area (Å²) >= 11 is 6.13. The second kappa shape index (κ2) is 5.67. The van der Waals surface area contributed by atoms with Gasteiger partial charge in [0.25, 0.3) is 0 Å². The van der Waals surface area contributed by atoms with Gasteiger partial charge in [0.2, 0.25) is 5.88 Å². The van der Waals surface area contributed by atoms with E-state index in [1.807, 2.05) is 31.2 Å². The molecule has 1 aromatic heterocycles. The fourth-order valence-corrected chi connectivity index (χ4v) is 2.46. The molecule has 104 valence electrons. The van der Waals surface area contributed by atoms with Gasteiger partial charge in [0, 0.05) is 19.2 Å². The molecule has 0 radical (unpaired) electrons. The molecule has 1 aliphatic rings. The molecule has 1 aliphatic heterocycles. The summed E-state index contributed by atoms with van der Waals surface area (Å²) in [6.45, 7) is 4.09. The van der Waals surface area contributed by atoms with Crippen LogP contribution in [0.4, 0.5) is 5.82 Å². The molecule has 0 bridgehead atoms. The van der Waals surface area contributed by atoms with Gasteiger partial charge in [0.05, 0.1) is 5.02 Å². The van der Waals surface area contributed by atoms with Gasteiger partial charge in [-0.15, -0.1) is 0 Å². The van der Waals surface area contributed by atoms with Gasteiger partial charge in [-0.3, -0.25) is 0 Å². The lowest BCUT2D eigenvalue weighted by molar-refractivity contribution is 0.461. The van der Waals surface area contributed by atoms with Crippen LogP contribution in [0.2, 0.25) is 5.02 Å². The summed E-state index contributed by atoms with van der Waals surface area (Å²) in [6, 6.07) is 7.55. The van der Waals surface area contributed by atoms with Crippen LogP contribution in [-0.4, -0.2) is 23.1 Å². The smallest absolute Gasteiger partial charge is 0.224 e. The first kappa shape index (κ1) is 13.2. The number of anilines is 1. The normalized spacial score (nSPS) is 14.6. The van der Waals surface area contributed by atoms with E-state index in [0.29, 0.717) is 16.7 Å². The summed E-state index contributed by atoms with van der Waals surface area (Å²) in [6.07, 6.45) is 3.96. The van der Waals surface area contributed by atoms with Crippen LogP contribution in [0.25, 0.3) is 0 Å². The Morgan fingerprint density at radius 2 is 1.95 bits per heavy atom. The van der Waals surface area contributed by atoms with Crippen molar-refractivity contribution >= 4 is 17.4 Å². The zero-order chi connectivity index (χ0) is 13.9. The number of aryl methyl sites for hydroxylation is 1. The van der Waals surface area contributed by atoms with Crippen LogP contribution < -0.4 is 9.64 Å². The maximum Gasteiger partial charge on any atom is 0.224 e. The maximum atomic E-state index is 6.13. The molecule has 2 aromatic rings. The zero-order valence-corrected chi connectivity index (χ0v) is 12.1. The minimum absolute atomic E-state index is 0.523. The van der Waals surface area contributed by atoms with Crippen LogP contribution in [0.15, 0.2) is 30.6 Å². The number of benzene rings is 1. The van der Waals surface area contributed by atoms with Crippen LogP contribution in [0, 0.1) is 6.92 Å². The highest BCUT2D eigenvalue weighted by molar-refractivity contribution is 6.32. The van der Waals surface area contributed by atoms with Crippen molar-refractivity contribution in [3.63, 3.8) is 0 Å². The Morgan fingerprint density at radius 3 is 2.75 bits per heavy atom. The summed E-state index contributed by atoms with van der Waals surface area (Å²) < 4.78 is 5.78. The van der Waals surface area contributed by atoms with E-state index in [4.69, 9.17) is 16.3 Å². The van der Waals surface area contributed by atoms with E-state index in [0.717, 1.165) is 24.5 Å². The van der Waals surface area contributed by atoms with Gasteiger partial charge in [-0.05, 0) is 37.5 Å². The quantitative estimate of drug-likeness (QED) is 0.861. The Bertz CT molecular complexity index is 612. The van der Waals surface area contributed by atoms with Gasteiger partial charge in [-0.2, -0.15) is 0 Å². The predicted octanol–water partition coefficient (Wildman–Crippen LogP) is 3.83. The van der Waals surface area contributed by atoms with Crippen molar-refractivity contribution in [1.29, 1.82) is 0 Å². The Morgan fingerprint density at radius 1 is 1.15 bits per heavy atom. The summed E-state index contributed by atoms with van der Waals surface area (Å²) in [5.41, 5.74) is 1.10. The first-order valence-corrected chi connectivity index (χ1v) is 7.11. The van der Waals surface area contributed by atoms with E-state index < -0.39 is 0 Å². The molecule has 0 unspecified atom stereocenters. The van der Waals surface area contributed by atoms with E-state index in [1.54, 1.807) is 0 Å². The van der Waals surface area contributed by atoms with Gasteiger partial charge in [0.1, 0.15) is 17.9 Å². The summed E-state index contributed by atoms with van der Waals surface area (Å²) in [5.74, 6) is 2.06. The molecule has 1 fully saturated rings. The van der Waals surface area contributed by atoms with Gasteiger partial charge in [-0.1, -0.05) is 17.7 Å². The lowest BCUT2D eigenvalue weighted by Gasteiger charge is -2.16. The summed E-state index contributed by atoms with van der Waals surface area (Å²) in [4.78, 5) is 10.7. The standard InChI is InChI=1S/C15H16ClN3O/c1-11-4-5-12(16)13(8-11)20-15-9-14(17-10-18-15)19-6-2-3-7-19/h4-5,8-10H,2-3,6-7H2,1H3. The second-order valence-electron chi connectivity index (χ2n) is 4.94. The number of halogens is 1. The number of aromatic nitrogens is 2.